The number of hydrogen-bond acceptors (Lipinski definition) is 4. The van der Waals surface area contributed by atoms with Crippen LogP contribution in [0.25, 0.3) is 0 Å². The Morgan fingerprint density at radius 3 is 2.48 bits per heavy atom. The fraction of sp³-hybridized carbons (Fsp3) is 0.391. The number of benzene rings is 2. The molecule has 1 atom stereocenters. The minimum atomic E-state index is -0.876. The van der Waals surface area contributed by atoms with Crippen LogP contribution >= 0.6 is 0 Å². The highest BCUT2D eigenvalue weighted by Crippen LogP contribution is 2.26. The number of anilines is 2. The molecule has 6 nitrogen and oxygen atoms in total. The lowest BCUT2D eigenvalue weighted by Crippen LogP contribution is -2.39. The van der Waals surface area contributed by atoms with Gasteiger partial charge in [-0.25, -0.2) is 0 Å². The summed E-state index contributed by atoms with van der Waals surface area (Å²) >= 11 is 0. The van der Waals surface area contributed by atoms with Crippen LogP contribution in [0.5, 0.6) is 0 Å². The zero-order valence-electron chi connectivity index (χ0n) is 16.9. The molecule has 0 aliphatic carbocycles. The highest BCUT2D eigenvalue weighted by Gasteiger charge is 2.30. The van der Waals surface area contributed by atoms with E-state index in [1.165, 1.54) is 0 Å². The van der Waals surface area contributed by atoms with Gasteiger partial charge in [0.25, 0.3) is 5.91 Å². The van der Waals surface area contributed by atoms with Gasteiger partial charge in [-0.15, -0.1) is 0 Å². The molecule has 6 heteroatoms. The first-order valence-corrected chi connectivity index (χ1v) is 9.98. The lowest BCUT2D eigenvalue weighted by Gasteiger charge is -2.27. The highest BCUT2D eigenvalue weighted by atomic mass is 16.5. The predicted molar refractivity (Wildman–Crippen MR) is 113 cm³/mol. The quantitative estimate of drug-likeness (QED) is 0.661. The molecule has 0 aromatic heterocycles. The van der Waals surface area contributed by atoms with E-state index in [0.29, 0.717) is 37.3 Å². The van der Waals surface area contributed by atoms with Gasteiger partial charge in [0, 0.05) is 25.4 Å². The van der Waals surface area contributed by atoms with Crippen molar-refractivity contribution in [2.24, 2.45) is 11.8 Å². The Morgan fingerprint density at radius 2 is 1.76 bits per heavy atom. The molecule has 154 valence electrons. The first kappa shape index (κ1) is 20.9. The van der Waals surface area contributed by atoms with Gasteiger partial charge in [0.15, 0.2) is 0 Å². The molecule has 1 heterocycles. The van der Waals surface area contributed by atoms with Gasteiger partial charge in [0.2, 0.25) is 0 Å². The largest absolute Gasteiger partial charge is 0.481 e. The Labute approximate surface area is 171 Å². The van der Waals surface area contributed by atoms with Crippen molar-refractivity contribution < 1.29 is 19.4 Å². The van der Waals surface area contributed by atoms with Gasteiger partial charge in [-0.2, -0.15) is 0 Å². The van der Waals surface area contributed by atoms with E-state index in [-0.39, 0.29) is 18.4 Å². The van der Waals surface area contributed by atoms with Gasteiger partial charge in [0.1, 0.15) is 0 Å². The molecular formula is C23H28N2O4. The van der Waals surface area contributed by atoms with Crippen molar-refractivity contribution in [3.05, 3.63) is 59.2 Å². The van der Waals surface area contributed by atoms with E-state index >= 15 is 0 Å². The number of aliphatic carboxylic acids is 1. The van der Waals surface area contributed by atoms with Crippen molar-refractivity contribution in [1.29, 1.82) is 0 Å². The number of aryl methyl sites for hydroxylation is 1. The van der Waals surface area contributed by atoms with Crippen LogP contribution in [0.4, 0.5) is 11.4 Å². The van der Waals surface area contributed by atoms with Gasteiger partial charge in [-0.3, -0.25) is 9.59 Å². The molecule has 1 unspecified atom stereocenters. The number of hydrogen-bond donors (Lipinski definition) is 3. The summed E-state index contributed by atoms with van der Waals surface area (Å²) in [6.45, 7) is 5.33. The van der Waals surface area contributed by atoms with Crippen molar-refractivity contribution in [1.82, 2.24) is 5.32 Å². The van der Waals surface area contributed by atoms with E-state index in [1.807, 2.05) is 44.2 Å². The van der Waals surface area contributed by atoms with Crippen LogP contribution in [0.15, 0.2) is 42.5 Å². The summed E-state index contributed by atoms with van der Waals surface area (Å²) in [5, 5.41) is 15.8. The highest BCUT2D eigenvalue weighted by molar-refractivity contribution is 6.00. The SMILES string of the molecule is Cc1cccc(Nc2ccccc2C(=O)NCC(C(=O)O)C2CCOCC2)c1C. The number of carbonyl (C=O) groups is 2. The molecule has 1 aliphatic rings. The predicted octanol–water partition coefficient (Wildman–Crippen LogP) is 3.90. The molecule has 0 radical (unpaired) electrons. The fourth-order valence-corrected chi connectivity index (χ4v) is 3.69. The lowest BCUT2D eigenvalue weighted by molar-refractivity contribution is -0.144. The second-order valence-electron chi connectivity index (χ2n) is 7.52. The minimum absolute atomic E-state index is 0.0184. The third kappa shape index (κ3) is 5.15. The first-order chi connectivity index (χ1) is 14.0. The summed E-state index contributed by atoms with van der Waals surface area (Å²) in [7, 11) is 0. The van der Waals surface area contributed by atoms with E-state index in [2.05, 4.69) is 10.6 Å². The molecule has 3 rings (SSSR count). The molecule has 2 aromatic carbocycles. The Morgan fingerprint density at radius 1 is 1.07 bits per heavy atom. The normalized spacial score (nSPS) is 15.5. The third-order valence-corrected chi connectivity index (χ3v) is 5.68. The maximum absolute atomic E-state index is 12.8. The number of carboxylic acids is 1. The molecular weight excluding hydrogens is 368 g/mol. The van der Waals surface area contributed by atoms with Crippen molar-refractivity contribution in [3.8, 4) is 0 Å². The average molecular weight is 396 g/mol. The zero-order chi connectivity index (χ0) is 20.8. The topological polar surface area (TPSA) is 87.7 Å². The molecule has 1 amide bonds. The smallest absolute Gasteiger partial charge is 0.308 e. The summed E-state index contributed by atoms with van der Waals surface area (Å²) in [4.78, 5) is 24.6. The van der Waals surface area contributed by atoms with Gasteiger partial charge in [0.05, 0.1) is 17.2 Å². The standard InChI is InChI=1S/C23H28N2O4/c1-15-6-5-9-20(16(15)2)25-21-8-4-3-7-18(21)22(26)24-14-19(23(27)28)17-10-12-29-13-11-17/h3-9,17,19,25H,10-14H2,1-2H3,(H,24,26)(H,27,28). The van der Waals surface area contributed by atoms with Crippen molar-refractivity contribution >= 4 is 23.3 Å². The van der Waals surface area contributed by atoms with Crippen molar-refractivity contribution in [2.45, 2.75) is 26.7 Å². The van der Waals surface area contributed by atoms with E-state index in [0.717, 1.165) is 16.8 Å². The zero-order valence-corrected chi connectivity index (χ0v) is 16.9. The molecule has 2 aromatic rings. The van der Waals surface area contributed by atoms with Crippen LogP contribution in [-0.4, -0.2) is 36.7 Å². The van der Waals surface area contributed by atoms with Gasteiger partial charge in [-0.05, 0) is 61.9 Å². The first-order valence-electron chi connectivity index (χ1n) is 9.98. The summed E-state index contributed by atoms with van der Waals surface area (Å²) in [6.07, 6.45) is 1.41. The van der Waals surface area contributed by atoms with E-state index in [1.54, 1.807) is 12.1 Å². The molecule has 29 heavy (non-hydrogen) atoms. The summed E-state index contributed by atoms with van der Waals surface area (Å²) < 4.78 is 5.33. The van der Waals surface area contributed by atoms with Crippen LogP contribution in [0.1, 0.15) is 34.3 Å². The average Bonchev–Trinajstić information content (AvgIpc) is 2.72. The van der Waals surface area contributed by atoms with Crippen molar-refractivity contribution in [2.75, 3.05) is 25.1 Å². The molecule has 0 spiro atoms. The molecule has 0 bridgehead atoms. The number of para-hydroxylation sites is 1. The summed E-state index contributed by atoms with van der Waals surface area (Å²) in [6, 6.07) is 13.3. The number of ether oxygens (including phenoxy) is 1. The molecule has 1 saturated heterocycles. The van der Waals surface area contributed by atoms with Gasteiger partial charge in [-0.1, -0.05) is 24.3 Å². The van der Waals surface area contributed by atoms with Crippen molar-refractivity contribution in [3.63, 3.8) is 0 Å². The minimum Gasteiger partial charge on any atom is -0.481 e. The third-order valence-electron chi connectivity index (χ3n) is 5.68. The Balaban J connectivity index is 1.72. The maximum Gasteiger partial charge on any atom is 0.308 e. The second kappa shape index (κ2) is 9.56. The number of amides is 1. The molecule has 3 N–H and O–H groups in total. The Hall–Kier alpha value is -2.86. The number of rotatable bonds is 7. The fourth-order valence-electron chi connectivity index (χ4n) is 3.69. The molecule has 1 fully saturated rings. The monoisotopic (exact) mass is 396 g/mol. The van der Waals surface area contributed by atoms with Crippen LogP contribution in [0, 0.1) is 25.7 Å². The van der Waals surface area contributed by atoms with E-state index in [9.17, 15) is 14.7 Å². The maximum atomic E-state index is 12.8. The van der Waals surface area contributed by atoms with Crippen LogP contribution in [-0.2, 0) is 9.53 Å². The number of carboxylic acid groups (broad SMARTS) is 1. The summed E-state index contributed by atoms with van der Waals surface area (Å²) in [5.41, 5.74) is 4.41. The van der Waals surface area contributed by atoms with Crippen LogP contribution in [0.2, 0.25) is 0 Å². The van der Waals surface area contributed by atoms with Crippen LogP contribution in [0.3, 0.4) is 0 Å². The van der Waals surface area contributed by atoms with Gasteiger partial charge >= 0.3 is 5.97 Å². The lowest BCUT2D eigenvalue weighted by atomic mass is 9.86. The number of carbonyl (C=O) groups excluding carboxylic acids is 1. The molecule has 1 aliphatic heterocycles. The second-order valence-corrected chi connectivity index (χ2v) is 7.52. The van der Waals surface area contributed by atoms with E-state index in [4.69, 9.17) is 4.74 Å². The number of nitrogens with one attached hydrogen (secondary N) is 2. The molecule has 0 saturated carbocycles. The summed E-state index contributed by atoms with van der Waals surface area (Å²) in [5.74, 6) is -1.75. The van der Waals surface area contributed by atoms with E-state index < -0.39 is 11.9 Å². The van der Waals surface area contributed by atoms with Crippen LogP contribution < -0.4 is 10.6 Å². The Bertz CT molecular complexity index is 875. The Kier molecular flexibility index (Phi) is 6.88. The van der Waals surface area contributed by atoms with Gasteiger partial charge < -0.3 is 20.5 Å².